The summed E-state index contributed by atoms with van der Waals surface area (Å²) in [7, 11) is 1.55. The molecule has 2 nitrogen and oxygen atoms in total. The van der Waals surface area contributed by atoms with E-state index in [0.717, 1.165) is 11.1 Å². The third-order valence-corrected chi connectivity index (χ3v) is 2.83. The van der Waals surface area contributed by atoms with E-state index in [2.05, 4.69) is 0 Å². The lowest BCUT2D eigenvalue weighted by Gasteiger charge is -2.23. The normalized spacial score (nSPS) is 14.8. The van der Waals surface area contributed by atoms with Gasteiger partial charge in [0.05, 0.1) is 7.11 Å². The summed E-state index contributed by atoms with van der Waals surface area (Å²) in [6, 6.07) is 3.63. The highest BCUT2D eigenvalue weighted by atomic mass is 19.1. The van der Waals surface area contributed by atoms with Crippen LogP contribution in [0.2, 0.25) is 0 Å². The van der Waals surface area contributed by atoms with Gasteiger partial charge in [0.1, 0.15) is 11.4 Å². The van der Waals surface area contributed by atoms with Crippen LogP contribution in [0.5, 0.6) is 5.75 Å². The summed E-state index contributed by atoms with van der Waals surface area (Å²) in [6.07, 6.45) is 0. The molecular weight excluding hydrogens is 193 g/mol. The maximum atomic E-state index is 14.1. The summed E-state index contributed by atoms with van der Waals surface area (Å²) < 4.78 is 19.4. The van der Waals surface area contributed by atoms with Crippen LogP contribution >= 0.6 is 0 Å². The molecule has 0 fully saturated rings. The van der Waals surface area contributed by atoms with Crippen molar-refractivity contribution >= 4 is 0 Å². The number of nitrogens with two attached hydrogens (primary N) is 1. The predicted octanol–water partition coefficient (Wildman–Crippen LogP) is 2.46. The molecule has 0 heterocycles. The molecule has 0 amide bonds. The van der Waals surface area contributed by atoms with Crippen LogP contribution in [0.3, 0.4) is 0 Å². The molecule has 0 aliphatic heterocycles. The molecule has 1 unspecified atom stereocenters. The Morgan fingerprint density at radius 3 is 2.47 bits per heavy atom. The van der Waals surface area contributed by atoms with Crippen molar-refractivity contribution in [3.8, 4) is 5.75 Å². The Balaban J connectivity index is 3.37. The Hall–Kier alpha value is -1.09. The summed E-state index contributed by atoms with van der Waals surface area (Å²) in [5.74, 6) is 0.602. The number of aryl methyl sites for hydroxylation is 1. The van der Waals surface area contributed by atoms with E-state index in [1.165, 1.54) is 6.92 Å². The highest BCUT2D eigenvalue weighted by Gasteiger charge is 2.28. The molecule has 0 aliphatic rings. The third kappa shape index (κ3) is 2.12. The Kier molecular flexibility index (Phi) is 3.35. The molecule has 0 saturated carbocycles. The number of hydrogen-bond donors (Lipinski definition) is 1. The molecule has 0 spiro atoms. The van der Waals surface area contributed by atoms with Crippen molar-refractivity contribution in [3.63, 3.8) is 0 Å². The fraction of sp³-hybridized carbons (Fsp3) is 0.500. The third-order valence-electron chi connectivity index (χ3n) is 2.83. The predicted molar refractivity (Wildman–Crippen MR) is 60.0 cm³/mol. The van der Waals surface area contributed by atoms with Crippen molar-refractivity contribution in [2.24, 2.45) is 5.73 Å². The molecule has 3 heteroatoms. The molecule has 0 aromatic heterocycles. The molecule has 15 heavy (non-hydrogen) atoms. The summed E-state index contributed by atoms with van der Waals surface area (Å²) in [5.41, 5.74) is 6.46. The quantitative estimate of drug-likeness (QED) is 0.833. The van der Waals surface area contributed by atoms with Crippen LogP contribution in [0, 0.1) is 13.8 Å². The van der Waals surface area contributed by atoms with Crippen LogP contribution in [0.25, 0.3) is 0 Å². The van der Waals surface area contributed by atoms with Crippen LogP contribution in [0.1, 0.15) is 23.6 Å². The zero-order chi connectivity index (χ0) is 11.6. The average molecular weight is 211 g/mol. The minimum Gasteiger partial charge on any atom is -0.496 e. The molecular formula is C12H18FNO. The first-order chi connectivity index (χ1) is 6.94. The van der Waals surface area contributed by atoms with Gasteiger partial charge in [0.25, 0.3) is 0 Å². The average Bonchev–Trinajstić information content (AvgIpc) is 2.21. The lowest BCUT2D eigenvalue weighted by Crippen LogP contribution is -2.27. The minimum absolute atomic E-state index is 0.0497. The zero-order valence-corrected chi connectivity index (χ0v) is 9.73. The number of hydrogen-bond acceptors (Lipinski definition) is 2. The van der Waals surface area contributed by atoms with Crippen molar-refractivity contribution in [1.82, 2.24) is 0 Å². The maximum Gasteiger partial charge on any atom is 0.148 e. The van der Waals surface area contributed by atoms with Crippen molar-refractivity contribution in [3.05, 3.63) is 28.8 Å². The first-order valence-corrected chi connectivity index (χ1v) is 4.97. The van der Waals surface area contributed by atoms with Crippen LogP contribution in [-0.2, 0) is 5.67 Å². The summed E-state index contributed by atoms with van der Waals surface area (Å²) in [5, 5.41) is 0. The lowest BCUT2D eigenvalue weighted by molar-refractivity contribution is 0.196. The van der Waals surface area contributed by atoms with E-state index in [4.69, 9.17) is 10.5 Å². The fourth-order valence-electron chi connectivity index (χ4n) is 1.57. The van der Waals surface area contributed by atoms with Gasteiger partial charge in [-0.2, -0.15) is 0 Å². The second kappa shape index (κ2) is 4.19. The van der Waals surface area contributed by atoms with Gasteiger partial charge in [0.2, 0.25) is 0 Å². The van der Waals surface area contributed by atoms with Gasteiger partial charge in [-0.3, -0.25) is 0 Å². The standard InChI is InChI=1S/C12H18FNO/c1-8-5-6-10(12(3,13)7-14)11(15-4)9(8)2/h5-6H,7,14H2,1-4H3. The molecule has 1 aromatic rings. The van der Waals surface area contributed by atoms with Crippen LogP contribution in [0.4, 0.5) is 4.39 Å². The largest absolute Gasteiger partial charge is 0.496 e. The van der Waals surface area contributed by atoms with Gasteiger partial charge in [0, 0.05) is 12.1 Å². The van der Waals surface area contributed by atoms with Gasteiger partial charge >= 0.3 is 0 Å². The number of ether oxygens (including phenoxy) is 1. The highest BCUT2D eigenvalue weighted by molar-refractivity contribution is 5.47. The minimum atomic E-state index is -1.54. The zero-order valence-electron chi connectivity index (χ0n) is 9.73. The topological polar surface area (TPSA) is 35.2 Å². The van der Waals surface area contributed by atoms with E-state index < -0.39 is 5.67 Å². The smallest absolute Gasteiger partial charge is 0.148 e. The second-order valence-corrected chi connectivity index (χ2v) is 3.99. The summed E-state index contributed by atoms with van der Waals surface area (Å²) in [6.45, 7) is 5.31. The second-order valence-electron chi connectivity index (χ2n) is 3.99. The highest BCUT2D eigenvalue weighted by Crippen LogP contribution is 2.35. The molecule has 1 aromatic carbocycles. The van der Waals surface area contributed by atoms with Crippen molar-refractivity contribution < 1.29 is 9.13 Å². The molecule has 84 valence electrons. The first-order valence-electron chi connectivity index (χ1n) is 4.97. The number of alkyl halides is 1. The Bertz CT molecular complexity index is 361. The van der Waals surface area contributed by atoms with Crippen molar-refractivity contribution in [2.45, 2.75) is 26.4 Å². The van der Waals surface area contributed by atoms with Gasteiger partial charge in [-0.05, 0) is 31.9 Å². The van der Waals surface area contributed by atoms with E-state index in [-0.39, 0.29) is 6.54 Å². The van der Waals surface area contributed by atoms with Gasteiger partial charge in [-0.25, -0.2) is 4.39 Å². The summed E-state index contributed by atoms with van der Waals surface area (Å²) in [4.78, 5) is 0. The van der Waals surface area contributed by atoms with Gasteiger partial charge in [-0.1, -0.05) is 12.1 Å². The van der Waals surface area contributed by atoms with Gasteiger partial charge in [-0.15, -0.1) is 0 Å². The Morgan fingerprint density at radius 2 is 2.00 bits per heavy atom. The van der Waals surface area contributed by atoms with Crippen LogP contribution in [0.15, 0.2) is 12.1 Å². The summed E-state index contributed by atoms with van der Waals surface area (Å²) >= 11 is 0. The maximum absolute atomic E-state index is 14.1. The van der Waals surface area contributed by atoms with E-state index in [9.17, 15) is 4.39 Å². The van der Waals surface area contributed by atoms with Crippen LogP contribution in [-0.4, -0.2) is 13.7 Å². The number of methoxy groups -OCH3 is 1. The number of halogens is 1. The molecule has 0 bridgehead atoms. The molecule has 1 rings (SSSR count). The van der Waals surface area contributed by atoms with Crippen molar-refractivity contribution in [2.75, 3.05) is 13.7 Å². The van der Waals surface area contributed by atoms with Crippen LogP contribution < -0.4 is 10.5 Å². The van der Waals surface area contributed by atoms with E-state index in [1.54, 1.807) is 13.2 Å². The monoisotopic (exact) mass is 211 g/mol. The first kappa shape index (κ1) is 12.0. The van der Waals surface area contributed by atoms with E-state index in [0.29, 0.717) is 11.3 Å². The van der Waals surface area contributed by atoms with E-state index in [1.807, 2.05) is 19.9 Å². The fourth-order valence-corrected chi connectivity index (χ4v) is 1.57. The van der Waals surface area contributed by atoms with Crippen molar-refractivity contribution in [1.29, 1.82) is 0 Å². The van der Waals surface area contributed by atoms with Gasteiger partial charge in [0.15, 0.2) is 0 Å². The number of benzene rings is 1. The molecule has 0 saturated heterocycles. The Labute approximate surface area is 90.2 Å². The molecule has 1 atom stereocenters. The van der Waals surface area contributed by atoms with E-state index >= 15 is 0 Å². The molecule has 0 radical (unpaired) electrons. The Morgan fingerprint density at radius 1 is 1.40 bits per heavy atom. The lowest BCUT2D eigenvalue weighted by atomic mass is 9.93. The molecule has 2 N–H and O–H groups in total. The SMILES string of the molecule is COc1c(C(C)(F)CN)ccc(C)c1C. The molecule has 0 aliphatic carbocycles. The number of rotatable bonds is 3. The van der Waals surface area contributed by atoms with Gasteiger partial charge < -0.3 is 10.5 Å².